The average molecular weight is 263 g/mol. The van der Waals surface area contributed by atoms with Crippen molar-refractivity contribution >= 4 is 6.47 Å². The summed E-state index contributed by atoms with van der Waals surface area (Å²) >= 11 is 0. The van der Waals surface area contributed by atoms with Crippen molar-refractivity contribution in [1.29, 1.82) is 0 Å². The Balaban J connectivity index is 5.70. The summed E-state index contributed by atoms with van der Waals surface area (Å²) in [5.41, 5.74) is -7.00. The fourth-order valence-corrected chi connectivity index (χ4v) is 0.613. The lowest BCUT2D eigenvalue weighted by Crippen LogP contribution is -2.65. The molecule has 16 heavy (non-hydrogen) atoms. The molecule has 0 unspecified atom stereocenters. The van der Waals surface area contributed by atoms with Gasteiger partial charge in [-0.05, 0) is 0 Å². The van der Waals surface area contributed by atoms with Crippen molar-refractivity contribution < 1.29 is 49.0 Å². The van der Waals surface area contributed by atoms with Gasteiger partial charge in [0.25, 0.3) is 0 Å². The molecule has 0 aliphatic carbocycles. The summed E-state index contributed by atoms with van der Waals surface area (Å²) in [4.78, 5) is 9.19. The zero-order valence-electron chi connectivity index (χ0n) is 6.72. The van der Waals surface area contributed by atoms with Crippen molar-refractivity contribution in [3.63, 3.8) is 0 Å². The van der Waals surface area contributed by atoms with Crippen LogP contribution in [0.2, 0.25) is 0 Å². The predicted octanol–water partition coefficient (Wildman–Crippen LogP) is 2.50. The van der Waals surface area contributed by atoms with E-state index in [1.54, 1.807) is 0 Å². The summed E-state index contributed by atoms with van der Waals surface area (Å²) in [6.07, 6.45) is -20.5. The summed E-state index contributed by atoms with van der Waals surface area (Å²) in [5.74, 6) is 0. The molecular weight excluding hydrogens is 263 g/mol. The van der Waals surface area contributed by atoms with Crippen LogP contribution in [0, 0.1) is 0 Å². The van der Waals surface area contributed by atoms with E-state index in [4.69, 9.17) is 0 Å². The largest absolute Gasteiger partial charge is 0.454 e. The first-order chi connectivity index (χ1) is 6.81. The van der Waals surface area contributed by atoms with Crippen LogP contribution in [0.15, 0.2) is 0 Å². The van der Waals surface area contributed by atoms with Gasteiger partial charge in [0.15, 0.2) is 0 Å². The molecule has 1 radical (unpaired) electrons. The quantitative estimate of drug-likeness (QED) is 0.731. The van der Waals surface area contributed by atoms with E-state index in [2.05, 4.69) is 4.74 Å². The van der Waals surface area contributed by atoms with Gasteiger partial charge in [-0.2, -0.15) is 35.1 Å². The first-order valence-corrected chi connectivity index (χ1v) is 3.06. The molecule has 11 heteroatoms. The van der Waals surface area contributed by atoms with Crippen LogP contribution in [0.25, 0.3) is 0 Å². The summed E-state index contributed by atoms with van der Waals surface area (Å²) in [7, 11) is 0. The molecule has 0 aliphatic heterocycles. The van der Waals surface area contributed by atoms with E-state index in [0.29, 0.717) is 0 Å². The highest BCUT2D eigenvalue weighted by atomic mass is 19.4. The lowest BCUT2D eigenvalue weighted by atomic mass is 10.0. The molecule has 0 saturated heterocycles. The molecule has 0 atom stereocenters. The standard InChI is InChI=1S/C5F9O2/c6-2(3(7,8)9,4(10,11)12)5(13,14)16-1-15. The maximum Gasteiger partial charge on any atom is 0.454 e. The van der Waals surface area contributed by atoms with Crippen LogP contribution in [0.1, 0.15) is 0 Å². The maximum absolute atomic E-state index is 12.5. The molecule has 0 saturated carbocycles. The van der Waals surface area contributed by atoms with Crippen molar-refractivity contribution in [2.75, 3.05) is 0 Å². The van der Waals surface area contributed by atoms with Crippen molar-refractivity contribution in [3.05, 3.63) is 0 Å². The molecule has 0 aromatic carbocycles. The predicted molar refractivity (Wildman–Crippen MR) is 27.7 cm³/mol. The first kappa shape index (κ1) is 14.8. The summed E-state index contributed by atoms with van der Waals surface area (Å²) in [6.45, 7) is -0.382. The Morgan fingerprint density at radius 3 is 1.25 bits per heavy atom. The van der Waals surface area contributed by atoms with Gasteiger partial charge in [-0.25, -0.2) is 9.18 Å². The molecule has 0 bridgehead atoms. The zero-order valence-corrected chi connectivity index (χ0v) is 6.72. The van der Waals surface area contributed by atoms with Gasteiger partial charge < -0.3 is 4.74 Å². The Morgan fingerprint density at radius 2 is 1.06 bits per heavy atom. The van der Waals surface area contributed by atoms with Crippen LogP contribution < -0.4 is 0 Å². The van der Waals surface area contributed by atoms with Crippen LogP contribution in [0.3, 0.4) is 0 Å². The number of carbonyl (C=O) groups excluding carboxylic acids is 1. The van der Waals surface area contributed by atoms with E-state index in [1.807, 2.05) is 0 Å². The summed E-state index contributed by atoms with van der Waals surface area (Å²) in [5, 5.41) is 0. The minimum absolute atomic E-state index is 0.382. The van der Waals surface area contributed by atoms with E-state index in [1.165, 1.54) is 0 Å². The summed E-state index contributed by atoms with van der Waals surface area (Å²) < 4.78 is 109. The summed E-state index contributed by atoms with van der Waals surface area (Å²) in [6, 6.07) is 0. The van der Waals surface area contributed by atoms with E-state index >= 15 is 0 Å². The van der Waals surface area contributed by atoms with Gasteiger partial charge >= 0.3 is 30.6 Å². The SMILES string of the molecule is O=[C]OC(F)(F)C(F)(C(F)(F)F)C(F)(F)F. The third kappa shape index (κ3) is 2.02. The Hall–Kier alpha value is -1.16. The molecule has 0 N–H and O–H groups in total. The van der Waals surface area contributed by atoms with E-state index in [0.717, 1.165) is 0 Å². The molecule has 0 spiro atoms. The highest BCUT2D eigenvalue weighted by molar-refractivity contribution is 5.39. The topological polar surface area (TPSA) is 26.3 Å². The molecular formula is C5F9O2. The monoisotopic (exact) mass is 263 g/mol. The molecule has 0 fully saturated rings. The van der Waals surface area contributed by atoms with E-state index < -0.39 is 24.1 Å². The number of ether oxygens (including phenoxy) is 1. The van der Waals surface area contributed by atoms with Crippen LogP contribution in [0.5, 0.6) is 0 Å². The van der Waals surface area contributed by atoms with Crippen molar-refractivity contribution in [3.8, 4) is 0 Å². The maximum atomic E-state index is 12.5. The lowest BCUT2D eigenvalue weighted by molar-refractivity contribution is -0.435. The molecule has 95 valence electrons. The molecule has 0 amide bonds. The average Bonchev–Trinajstić information content (AvgIpc) is 1.98. The van der Waals surface area contributed by atoms with Gasteiger partial charge in [0.2, 0.25) is 0 Å². The van der Waals surface area contributed by atoms with Crippen LogP contribution in [-0.4, -0.2) is 30.6 Å². The van der Waals surface area contributed by atoms with Gasteiger partial charge in [0.1, 0.15) is 0 Å². The van der Waals surface area contributed by atoms with Gasteiger partial charge in [0.05, 0.1) is 0 Å². The van der Waals surface area contributed by atoms with Gasteiger partial charge in [-0.15, -0.1) is 0 Å². The molecule has 2 nitrogen and oxygen atoms in total. The van der Waals surface area contributed by atoms with Crippen molar-refractivity contribution in [2.24, 2.45) is 0 Å². The number of rotatable bonds is 3. The van der Waals surface area contributed by atoms with Crippen molar-refractivity contribution in [1.82, 2.24) is 0 Å². The molecule has 0 heterocycles. The molecule has 0 rings (SSSR count). The highest BCUT2D eigenvalue weighted by Crippen LogP contribution is 2.54. The lowest BCUT2D eigenvalue weighted by Gasteiger charge is -2.33. The molecule has 0 aliphatic rings. The molecule has 0 aromatic rings. The number of alkyl halides is 9. The minimum atomic E-state index is -7.02. The van der Waals surface area contributed by atoms with Gasteiger partial charge in [-0.1, -0.05) is 0 Å². The first-order valence-electron chi connectivity index (χ1n) is 3.06. The van der Waals surface area contributed by atoms with Crippen LogP contribution in [-0.2, 0) is 9.53 Å². The fourth-order valence-electron chi connectivity index (χ4n) is 0.613. The smallest absolute Gasteiger partial charge is 0.389 e. The number of hydrogen-bond donors (Lipinski definition) is 0. The van der Waals surface area contributed by atoms with E-state index in [-0.39, 0.29) is 6.47 Å². The Bertz CT molecular complexity index is 250. The van der Waals surface area contributed by atoms with Crippen molar-refractivity contribution in [2.45, 2.75) is 24.1 Å². The Morgan fingerprint density at radius 1 is 0.750 bits per heavy atom. The normalized spacial score (nSPS) is 14.8. The second kappa shape index (κ2) is 3.70. The number of hydrogen-bond acceptors (Lipinski definition) is 2. The zero-order chi connectivity index (χ0) is 13.4. The molecule has 0 aromatic heterocycles. The number of halogens is 9. The second-order valence-corrected chi connectivity index (χ2v) is 2.36. The fraction of sp³-hybridized carbons (Fsp3) is 0.800. The highest BCUT2D eigenvalue weighted by Gasteiger charge is 2.86. The van der Waals surface area contributed by atoms with E-state index in [9.17, 15) is 44.3 Å². The third-order valence-corrected chi connectivity index (χ3v) is 1.35. The van der Waals surface area contributed by atoms with Gasteiger partial charge in [0, 0.05) is 0 Å². The Labute approximate surface area is 81.0 Å². The van der Waals surface area contributed by atoms with Crippen LogP contribution in [0.4, 0.5) is 39.5 Å². The Kier molecular flexibility index (Phi) is 3.43. The van der Waals surface area contributed by atoms with Gasteiger partial charge in [-0.3, -0.25) is 0 Å². The van der Waals surface area contributed by atoms with Crippen LogP contribution >= 0.6 is 0 Å². The minimum Gasteiger partial charge on any atom is -0.389 e. The third-order valence-electron chi connectivity index (χ3n) is 1.35. The second-order valence-electron chi connectivity index (χ2n) is 2.36.